The van der Waals surface area contributed by atoms with Gasteiger partial charge in [0.15, 0.2) is 0 Å². The Kier molecular flexibility index (Phi) is 3.35. The normalized spacial score (nSPS) is 10.4. The van der Waals surface area contributed by atoms with Gasteiger partial charge in [-0.2, -0.15) is 0 Å². The lowest BCUT2D eigenvalue weighted by molar-refractivity contribution is 0.0941. The number of hydrogen-bond donors (Lipinski definition) is 2. The fourth-order valence-corrected chi connectivity index (χ4v) is 2.56. The summed E-state index contributed by atoms with van der Waals surface area (Å²) in [6.45, 7) is 2.24. The fourth-order valence-electron chi connectivity index (χ4n) is 1.14. The van der Waals surface area contributed by atoms with Gasteiger partial charge in [0.2, 0.25) is 5.82 Å². The van der Waals surface area contributed by atoms with Gasteiger partial charge in [-0.25, -0.2) is 4.98 Å². The van der Waals surface area contributed by atoms with E-state index < -0.39 is 0 Å². The highest BCUT2D eigenvalue weighted by molar-refractivity contribution is 9.11. The molecule has 0 aromatic carbocycles. The van der Waals surface area contributed by atoms with Crippen LogP contribution >= 0.6 is 27.3 Å². The summed E-state index contributed by atoms with van der Waals surface area (Å²) in [5.41, 5.74) is 0. The molecule has 0 radical (unpaired) electrons. The third-order valence-corrected chi connectivity index (χ3v) is 3.48. The molecule has 0 fully saturated rings. The summed E-state index contributed by atoms with van der Waals surface area (Å²) in [6.07, 6.45) is 0. The number of halogens is 1. The molecule has 0 saturated heterocycles. The predicted octanol–water partition coefficient (Wildman–Crippen LogP) is 1.87. The topological polar surface area (TPSA) is 70.7 Å². The molecule has 0 spiro atoms. The van der Waals surface area contributed by atoms with Crippen molar-refractivity contribution in [1.29, 1.82) is 0 Å². The number of aromatic nitrogens is 3. The second-order valence-electron chi connectivity index (χ2n) is 3.13. The van der Waals surface area contributed by atoms with Crippen LogP contribution in [-0.4, -0.2) is 21.1 Å². The predicted molar refractivity (Wildman–Crippen MR) is 64.3 cm³/mol. The third kappa shape index (κ3) is 2.67. The van der Waals surface area contributed by atoms with Gasteiger partial charge < -0.3 is 5.32 Å². The second-order valence-corrected chi connectivity index (χ2v) is 5.68. The molecule has 16 heavy (non-hydrogen) atoms. The highest BCUT2D eigenvalue weighted by Crippen LogP contribution is 2.21. The first-order valence-electron chi connectivity index (χ1n) is 4.56. The van der Waals surface area contributed by atoms with E-state index in [1.165, 1.54) is 0 Å². The van der Waals surface area contributed by atoms with Crippen molar-refractivity contribution in [1.82, 2.24) is 20.5 Å². The van der Waals surface area contributed by atoms with Crippen LogP contribution in [0.5, 0.6) is 0 Å². The van der Waals surface area contributed by atoms with E-state index in [0.717, 1.165) is 8.66 Å². The van der Waals surface area contributed by atoms with E-state index >= 15 is 0 Å². The van der Waals surface area contributed by atoms with Crippen LogP contribution in [0.2, 0.25) is 0 Å². The summed E-state index contributed by atoms with van der Waals surface area (Å²) in [5.74, 6) is 0.533. The van der Waals surface area contributed by atoms with Crippen LogP contribution in [-0.2, 0) is 6.54 Å². The standard InChI is InChI=1S/C9H9BrN4OS/c1-5-12-8(14-13-5)9(15)11-4-6-2-3-7(10)16-6/h2-3H,4H2,1H3,(H,11,15)(H,12,13,14). The van der Waals surface area contributed by atoms with Crippen LogP contribution in [0.15, 0.2) is 15.9 Å². The number of thiophene rings is 1. The molecular weight excluding hydrogens is 292 g/mol. The first-order valence-corrected chi connectivity index (χ1v) is 6.17. The van der Waals surface area contributed by atoms with Crippen LogP contribution in [0, 0.1) is 6.92 Å². The largest absolute Gasteiger partial charge is 0.344 e. The van der Waals surface area contributed by atoms with E-state index in [-0.39, 0.29) is 11.7 Å². The van der Waals surface area contributed by atoms with Crippen LogP contribution in [0.3, 0.4) is 0 Å². The van der Waals surface area contributed by atoms with Crippen molar-refractivity contribution >= 4 is 33.2 Å². The Labute approximate surface area is 104 Å². The van der Waals surface area contributed by atoms with E-state index in [1.807, 2.05) is 12.1 Å². The average Bonchev–Trinajstić information content (AvgIpc) is 2.84. The summed E-state index contributed by atoms with van der Waals surface area (Å²) in [5, 5.41) is 9.15. The van der Waals surface area contributed by atoms with Crippen LogP contribution < -0.4 is 5.32 Å². The zero-order chi connectivity index (χ0) is 11.5. The number of H-pyrrole nitrogens is 1. The maximum atomic E-state index is 11.6. The van der Waals surface area contributed by atoms with E-state index in [9.17, 15) is 4.79 Å². The maximum Gasteiger partial charge on any atom is 0.291 e. The third-order valence-electron chi connectivity index (χ3n) is 1.85. The molecule has 2 aromatic rings. The SMILES string of the molecule is Cc1nc(C(=O)NCc2ccc(Br)s2)n[nH]1. The van der Waals surface area contributed by atoms with Crippen molar-refractivity contribution in [2.75, 3.05) is 0 Å². The Bertz CT molecular complexity index is 507. The van der Waals surface area contributed by atoms with E-state index in [0.29, 0.717) is 12.4 Å². The van der Waals surface area contributed by atoms with Crippen molar-refractivity contribution < 1.29 is 4.79 Å². The number of carbonyl (C=O) groups excluding carboxylic acids is 1. The van der Waals surface area contributed by atoms with Gasteiger partial charge >= 0.3 is 0 Å². The molecule has 0 atom stereocenters. The lowest BCUT2D eigenvalue weighted by atomic mass is 10.4. The van der Waals surface area contributed by atoms with Gasteiger partial charge in [-0.1, -0.05) is 0 Å². The summed E-state index contributed by atoms with van der Waals surface area (Å²) >= 11 is 4.95. The minimum Gasteiger partial charge on any atom is -0.344 e. The first kappa shape index (κ1) is 11.3. The van der Waals surface area contributed by atoms with Crippen LogP contribution in [0.1, 0.15) is 21.3 Å². The van der Waals surface area contributed by atoms with Gasteiger partial charge in [-0.15, -0.1) is 16.4 Å². The van der Waals surface area contributed by atoms with E-state index in [4.69, 9.17) is 0 Å². The molecular formula is C9H9BrN4OS. The fraction of sp³-hybridized carbons (Fsp3) is 0.222. The molecule has 84 valence electrons. The number of nitrogens with zero attached hydrogens (tertiary/aromatic N) is 2. The Morgan fingerprint density at radius 1 is 1.62 bits per heavy atom. The summed E-state index contributed by atoms with van der Waals surface area (Å²) in [4.78, 5) is 16.6. The molecule has 2 aromatic heterocycles. The van der Waals surface area contributed by atoms with Gasteiger partial charge in [0, 0.05) is 4.88 Å². The van der Waals surface area contributed by atoms with E-state index in [1.54, 1.807) is 18.3 Å². The molecule has 0 aliphatic rings. The van der Waals surface area contributed by atoms with Crippen molar-refractivity contribution in [2.45, 2.75) is 13.5 Å². The number of aromatic amines is 1. The van der Waals surface area contributed by atoms with Gasteiger partial charge in [0.1, 0.15) is 5.82 Å². The minimum absolute atomic E-state index is 0.174. The minimum atomic E-state index is -0.270. The van der Waals surface area contributed by atoms with Crippen molar-refractivity contribution in [3.63, 3.8) is 0 Å². The number of rotatable bonds is 3. The highest BCUT2D eigenvalue weighted by Gasteiger charge is 2.10. The molecule has 2 heterocycles. The Morgan fingerprint density at radius 3 is 3.00 bits per heavy atom. The molecule has 2 N–H and O–H groups in total. The highest BCUT2D eigenvalue weighted by atomic mass is 79.9. The molecule has 5 nitrogen and oxygen atoms in total. The smallest absolute Gasteiger partial charge is 0.291 e. The summed E-state index contributed by atoms with van der Waals surface area (Å²) in [6, 6.07) is 3.90. The Hall–Kier alpha value is -1.21. The number of hydrogen-bond acceptors (Lipinski definition) is 4. The summed E-state index contributed by atoms with van der Waals surface area (Å²) in [7, 11) is 0. The molecule has 7 heteroatoms. The molecule has 0 bridgehead atoms. The lowest BCUT2D eigenvalue weighted by Crippen LogP contribution is -2.23. The van der Waals surface area contributed by atoms with E-state index in [2.05, 4.69) is 36.4 Å². The molecule has 0 aliphatic heterocycles. The first-order chi connectivity index (χ1) is 7.65. The Morgan fingerprint density at radius 2 is 2.44 bits per heavy atom. The quantitative estimate of drug-likeness (QED) is 0.909. The van der Waals surface area contributed by atoms with Crippen LogP contribution in [0.25, 0.3) is 0 Å². The number of carbonyl (C=O) groups is 1. The summed E-state index contributed by atoms with van der Waals surface area (Å²) < 4.78 is 1.05. The van der Waals surface area contributed by atoms with Crippen molar-refractivity contribution in [3.05, 3.63) is 32.4 Å². The zero-order valence-electron chi connectivity index (χ0n) is 8.45. The molecule has 0 unspecified atom stereocenters. The molecule has 0 aliphatic carbocycles. The van der Waals surface area contributed by atoms with Gasteiger partial charge in [-0.05, 0) is 35.0 Å². The molecule has 2 rings (SSSR count). The number of aryl methyl sites for hydroxylation is 1. The average molecular weight is 301 g/mol. The number of amides is 1. The second kappa shape index (κ2) is 4.75. The van der Waals surface area contributed by atoms with Crippen molar-refractivity contribution in [3.8, 4) is 0 Å². The van der Waals surface area contributed by atoms with Crippen LogP contribution in [0.4, 0.5) is 0 Å². The van der Waals surface area contributed by atoms with Gasteiger partial charge in [0.05, 0.1) is 10.3 Å². The van der Waals surface area contributed by atoms with Gasteiger partial charge in [-0.3, -0.25) is 9.89 Å². The maximum absolute atomic E-state index is 11.6. The monoisotopic (exact) mass is 300 g/mol. The van der Waals surface area contributed by atoms with Crippen molar-refractivity contribution in [2.24, 2.45) is 0 Å². The zero-order valence-corrected chi connectivity index (χ0v) is 10.9. The van der Waals surface area contributed by atoms with Gasteiger partial charge in [0.25, 0.3) is 5.91 Å². The molecule has 1 amide bonds. The Balaban J connectivity index is 1.93. The lowest BCUT2D eigenvalue weighted by Gasteiger charge is -1.98. The molecule has 0 saturated carbocycles. The number of nitrogens with one attached hydrogen (secondary N) is 2.